The molecule has 38 heavy (non-hydrogen) atoms. The predicted octanol–water partition coefficient (Wildman–Crippen LogP) is 11.7. The van der Waals surface area contributed by atoms with Gasteiger partial charge in [-0.15, -0.1) is 0 Å². The van der Waals surface area contributed by atoms with Crippen molar-refractivity contribution in [3.8, 4) is 0 Å². The molecule has 0 aliphatic rings. The van der Waals surface area contributed by atoms with Crippen LogP contribution in [0.25, 0.3) is 0 Å². The highest BCUT2D eigenvalue weighted by Gasteiger charge is 2.23. The van der Waals surface area contributed by atoms with Crippen LogP contribution in [0, 0.1) is 5.92 Å². The Morgan fingerprint density at radius 2 is 0.684 bits per heavy atom. The van der Waals surface area contributed by atoms with Crippen molar-refractivity contribution < 1.29 is 0 Å². The molecule has 1 radical (unpaired) electrons. The van der Waals surface area contributed by atoms with Crippen molar-refractivity contribution >= 4 is 0 Å². The van der Waals surface area contributed by atoms with Gasteiger partial charge >= 0.3 is 0 Å². The van der Waals surface area contributed by atoms with Crippen LogP contribution in [0.1, 0.15) is 170 Å². The van der Waals surface area contributed by atoms with Gasteiger partial charge < -0.3 is 0 Å². The second-order valence-corrected chi connectivity index (χ2v) is 11.7. The highest BCUT2D eigenvalue weighted by atomic mass is 14.3. The van der Waals surface area contributed by atoms with Gasteiger partial charge in [0.1, 0.15) is 0 Å². The normalized spacial score (nSPS) is 11.6. The van der Waals surface area contributed by atoms with E-state index in [2.05, 4.69) is 72.7 Å². The Balaban J connectivity index is 2.69. The first-order valence-electron chi connectivity index (χ1n) is 16.7. The smallest absolute Gasteiger partial charge is 0.0315 e. The number of rotatable bonds is 20. The Hall–Kier alpha value is -1.56. The molecule has 0 heterocycles. The summed E-state index contributed by atoms with van der Waals surface area (Å²) in [7, 11) is 0. The van der Waals surface area contributed by atoms with E-state index in [1.54, 1.807) is 44.5 Å². The third-order valence-corrected chi connectivity index (χ3v) is 8.59. The van der Waals surface area contributed by atoms with Gasteiger partial charge in [0.2, 0.25) is 0 Å². The molecule has 0 aromatic heterocycles. The predicted molar refractivity (Wildman–Crippen MR) is 172 cm³/mol. The van der Waals surface area contributed by atoms with Crippen molar-refractivity contribution in [3.63, 3.8) is 0 Å². The van der Waals surface area contributed by atoms with Crippen LogP contribution in [0.5, 0.6) is 0 Å². The minimum atomic E-state index is 1.23. The number of hydrogen-bond donors (Lipinski definition) is 0. The molecule has 0 saturated carbocycles. The molecule has 0 aliphatic heterocycles. The zero-order chi connectivity index (χ0) is 27.8. The molecule has 0 unspecified atom stereocenters. The molecule has 0 nitrogen and oxygen atoms in total. The zero-order valence-electron chi connectivity index (χ0n) is 26.5. The van der Waals surface area contributed by atoms with Crippen molar-refractivity contribution in [2.24, 2.45) is 0 Å². The molecule has 0 heteroatoms. The lowest BCUT2D eigenvalue weighted by molar-refractivity contribution is 0.726. The van der Waals surface area contributed by atoms with Crippen molar-refractivity contribution in [2.45, 2.75) is 164 Å². The first kappa shape index (κ1) is 32.7. The third kappa shape index (κ3) is 9.27. The molecule has 0 saturated heterocycles. The standard InChI is InChI=1S/C38H61/c1-8-14-20-31-26-28-33(37(24-18-12-5)35(31)22-16-10-3)30(7)34-29-27-32(21-15-9-2)36(23-17-11-4)38(34)25-19-13-6/h26-29H,8-25H2,1-7H3. The summed E-state index contributed by atoms with van der Waals surface area (Å²) in [5.41, 5.74) is 13.1. The van der Waals surface area contributed by atoms with Gasteiger partial charge in [-0.25, -0.2) is 0 Å². The van der Waals surface area contributed by atoms with Crippen LogP contribution in [-0.2, 0) is 38.5 Å². The molecule has 2 aromatic carbocycles. The fraction of sp³-hybridized carbons (Fsp3) is 0.658. The van der Waals surface area contributed by atoms with Gasteiger partial charge in [0.15, 0.2) is 0 Å². The van der Waals surface area contributed by atoms with Gasteiger partial charge in [-0.1, -0.05) is 111 Å². The molecule has 2 aromatic rings. The van der Waals surface area contributed by atoms with E-state index in [0.717, 1.165) is 0 Å². The van der Waals surface area contributed by atoms with Crippen molar-refractivity contribution in [1.82, 2.24) is 0 Å². The van der Waals surface area contributed by atoms with E-state index in [9.17, 15) is 0 Å². The average Bonchev–Trinajstić information content (AvgIpc) is 2.94. The maximum atomic E-state index is 2.51. The summed E-state index contributed by atoms with van der Waals surface area (Å²) in [5, 5.41) is 0. The second-order valence-electron chi connectivity index (χ2n) is 11.7. The molecular weight excluding hydrogens is 456 g/mol. The summed E-state index contributed by atoms with van der Waals surface area (Å²) in [6, 6.07) is 10.0. The Morgan fingerprint density at radius 3 is 1.00 bits per heavy atom. The van der Waals surface area contributed by atoms with Gasteiger partial charge in [0.05, 0.1) is 0 Å². The zero-order valence-corrected chi connectivity index (χ0v) is 26.5. The van der Waals surface area contributed by atoms with Gasteiger partial charge in [0.25, 0.3) is 0 Å². The summed E-state index contributed by atoms with van der Waals surface area (Å²) in [6.45, 7) is 16.5. The minimum Gasteiger partial charge on any atom is -0.0654 e. The van der Waals surface area contributed by atoms with Crippen molar-refractivity contribution in [2.75, 3.05) is 0 Å². The third-order valence-electron chi connectivity index (χ3n) is 8.59. The first-order chi connectivity index (χ1) is 18.6. The summed E-state index contributed by atoms with van der Waals surface area (Å²) < 4.78 is 0. The van der Waals surface area contributed by atoms with E-state index in [0.29, 0.717) is 0 Å². The second kappa shape index (κ2) is 18.7. The van der Waals surface area contributed by atoms with E-state index in [-0.39, 0.29) is 0 Å². The van der Waals surface area contributed by atoms with Crippen LogP contribution in [0.15, 0.2) is 24.3 Å². The highest BCUT2D eigenvalue weighted by Crippen LogP contribution is 2.37. The van der Waals surface area contributed by atoms with E-state index in [4.69, 9.17) is 0 Å². The lowest BCUT2D eigenvalue weighted by atomic mass is 9.78. The fourth-order valence-electron chi connectivity index (χ4n) is 6.14. The van der Waals surface area contributed by atoms with E-state index < -0.39 is 0 Å². The topological polar surface area (TPSA) is 0 Å². The van der Waals surface area contributed by atoms with E-state index in [1.807, 2.05) is 0 Å². The van der Waals surface area contributed by atoms with Crippen LogP contribution in [0.4, 0.5) is 0 Å². The summed E-state index contributed by atoms with van der Waals surface area (Å²) in [4.78, 5) is 0. The lowest BCUT2D eigenvalue weighted by Gasteiger charge is -2.26. The maximum absolute atomic E-state index is 2.51. The SMILES string of the molecule is CCCCc1ccc([C](C)c2ccc(CCCC)c(CCCC)c2CCCC)c(CCCC)c1CCCC. The number of benzene rings is 2. The van der Waals surface area contributed by atoms with Crippen LogP contribution < -0.4 is 0 Å². The molecule has 0 atom stereocenters. The van der Waals surface area contributed by atoms with E-state index in [1.165, 1.54) is 121 Å². The van der Waals surface area contributed by atoms with Crippen LogP contribution in [0.2, 0.25) is 0 Å². The number of hydrogen-bond acceptors (Lipinski definition) is 0. The summed E-state index contributed by atoms with van der Waals surface area (Å²) >= 11 is 0. The van der Waals surface area contributed by atoms with Crippen LogP contribution in [-0.4, -0.2) is 0 Å². The van der Waals surface area contributed by atoms with Crippen molar-refractivity contribution in [1.29, 1.82) is 0 Å². The van der Waals surface area contributed by atoms with Gasteiger partial charge in [-0.3, -0.25) is 0 Å². The molecule has 0 aliphatic carbocycles. The molecule has 0 spiro atoms. The minimum absolute atomic E-state index is 1.23. The Morgan fingerprint density at radius 1 is 0.395 bits per heavy atom. The van der Waals surface area contributed by atoms with Crippen LogP contribution in [0.3, 0.4) is 0 Å². The molecule has 2 rings (SSSR count). The number of unbranched alkanes of at least 4 members (excludes halogenated alkanes) is 6. The summed E-state index contributed by atoms with van der Waals surface area (Å²) in [5.74, 6) is 1.53. The Kier molecular flexibility index (Phi) is 16.0. The van der Waals surface area contributed by atoms with Gasteiger partial charge in [0, 0.05) is 5.92 Å². The monoisotopic (exact) mass is 517 g/mol. The average molecular weight is 518 g/mol. The Labute approximate surface area is 238 Å². The largest absolute Gasteiger partial charge is 0.0654 e. The first-order valence-corrected chi connectivity index (χ1v) is 16.7. The lowest BCUT2D eigenvalue weighted by Crippen LogP contribution is -2.13. The van der Waals surface area contributed by atoms with Crippen LogP contribution >= 0.6 is 0 Å². The molecule has 0 bridgehead atoms. The fourth-order valence-corrected chi connectivity index (χ4v) is 6.14. The maximum Gasteiger partial charge on any atom is 0.0315 e. The number of aryl methyl sites for hydroxylation is 2. The molecule has 213 valence electrons. The van der Waals surface area contributed by atoms with Gasteiger partial charge in [-0.2, -0.15) is 0 Å². The van der Waals surface area contributed by atoms with Crippen molar-refractivity contribution in [3.05, 3.63) is 74.7 Å². The quantitative estimate of drug-likeness (QED) is 0.164. The highest BCUT2D eigenvalue weighted by molar-refractivity contribution is 5.58. The molecule has 0 amide bonds. The van der Waals surface area contributed by atoms with E-state index >= 15 is 0 Å². The molecule has 0 fully saturated rings. The summed E-state index contributed by atoms with van der Waals surface area (Å²) in [6.07, 6.45) is 22.8. The van der Waals surface area contributed by atoms with Gasteiger partial charge in [-0.05, 0) is 122 Å². The molecule has 0 N–H and O–H groups in total. The molecular formula is C38H61. The Bertz CT molecular complexity index is 843.